The first kappa shape index (κ1) is 15.3. The number of halogens is 1. The van der Waals surface area contributed by atoms with Crippen molar-refractivity contribution in [2.24, 2.45) is 11.3 Å². The van der Waals surface area contributed by atoms with Gasteiger partial charge in [0.1, 0.15) is 5.69 Å². The summed E-state index contributed by atoms with van der Waals surface area (Å²) >= 11 is 6.06. The molecule has 0 aliphatic heterocycles. The molecule has 1 fully saturated rings. The first-order valence-electron chi connectivity index (χ1n) is 7.03. The summed E-state index contributed by atoms with van der Waals surface area (Å²) in [6.07, 6.45) is 5.08. The first-order chi connectivity index (χ1) is 9.43. The molecule has 2 rings (SSSR count). The number of aliphatic hydroxyl groups excluding tert-OH is 1. The second kappa shape index (κ2) is 6.14. The monoisotopic (exact) mass is 299 g/mol. The molecule has 0 spiro atoms. The lowest BCUT2D eigenvalue weighted by molar-refractivity contribution is 0.171. The number of hydrogen-bond donors (Lipinski definition) is 2. The van der Waals surface area contributed by atoms with Crippen molar-refractivity contribution < 1.29 is 5.11 Å². The van der Waals surface area contributed by atoms with E-state index in [1.54, 1.807) is 0 Å². The molecule has 0 amide bonds. The number of hydrogen-bond acceptors (Lipinski definition) is 4. The van der Waals surface area contributed by atoms with Gasteiger partial charge in [0, 0.05) is 25.1 Å². The van der Waals surface area contributed by atoms with Crippen molar-refractivity contribution in [3.63, 3.8) is 0 Å². The molecule has 0 radical (unpaired) electrons. The second-order valence-corrected chi connectivity index (χ2v) is 6.73. The maximum Gasteiger partial charge on any atom is 0.291 e. The Morgan fingerprint density at radius 3 is 2.80 bits per heavy atom. The summed E-state index contributed by atoms with van der Waals surface area (Å²) in [4.78, 5) is 12.4. The van der Waals surface area contributed by atoms with Crippen LogP contribution in [0.3, 0.4) is 0 Å². The molecule has 1 heterocycles. The third-order valence-electron chi connectivity index (χ3n) is 3.83. The molecule has 6 heteroatoms. The topological polar surface area (TPSA) is 67.2 Å². The Hall–Kier alpha value is -1.07. The minimum Gasteiger partial charge on any atom is -0.396 e. The molecule has 1 aliphatic carbocycles. The van der Waals surface area contributed by atoms with Crippen LogP contribution in [0.15, 0.2) is 11.0 Å². The zero-order valence-electron chi connectivity index (χ0n) is 12.0. The lowest BCUT2D eigenvalue weighted by atomic mass is 9.85. The van der Waals surface area contributed by atoms with Crippen molar-refractivity contribution >= 4 is 17.3 Å². The molecule has 20 heavy (non-hydrogen) atoms. The normalized spacial score (nSPS) is 16.0. The van der Waals surface area contributed by atoms with Gasteiger partial charge in [-0.3, -0.25) is 4.79 Å². The van der Waals surface area contributed by atoms with Crippen LogP contribution in [0.2, 0.25) is 5.02 Å². The van der Waals surface area contributed by atoms with E-state index in [2.05, 4.69) is 10.4 Å². The van der Waals surface area contributed by atoms with Gasteiger partial charge in [0.2, 0.25) is 0 Å². The Morgan fingerprint density at radius 2 is 2.25 bits per heavy atom. The molecule has 2 N–H and O–H groups in total. The van der Waals surface area contributed by atoms with E-state index in [0.29, 0.717) is 29.7 Å². The SMILES string of the molecule is CC(C)(CO)CNc1c(Cl)cnn(CC2CCC2)c1=O. The zero-order valence-corrected chi connectivity index (χ0v) is 12.8. The minimum atomic E-state index is -0.308. The molecule has 0 aromatic carbocycles. The Labute approximate surface area is 124 Å². The Morgan fingerprint density at radius 1 is 1.55 bits per heavy atom. The lowest BCUT2D eigenvalue weighted by Crippen LogP contribution is -2.33. The Kier molecular flexibility index (Phi) is 4.70. The van der Waals surface area contributed by atoms with Gasteiger partial charge in [0.05, 0.1) is 11.2 Å². The van der Waals surface area contributed by atoms with Crippen LogP contribution in [0.4, 0.5) is 5.69 Å². The van der Waals surface area contributed by atoms with Crippen LogP contribution in [-0.2, 0) is 6.54 Å². The third kappa shape index (κ3) is 3.52. The summed E-state index contributed by atoms with van der Waals surface area (Å²) in [5.41, 5.74) is -0.113. The van der Waals surface area contributed by atoms with Crippen molar-refractivity contribution in [3.8, 4) is 0 Å². The highest BCUT2D eigenvalue weighted by atomic mass is 35.5. The Balaban J connectivity index is 2.14. The summed E-state index contributed by atoms with van der Waals surface area (Å²) in [5.74, 6) is 0.558. The van der Waals surface area contributed by atoms with Gasteiger partial charge in [-0.25, -0.2) is 4.68 Å². The predicted molar refractivity (Wildman–Crippen MR) is 80.2 cm³/mol. The van der Waals surface area contributed by atoms with Gasteiger partial charge < -0.3 is 10.4 Å². The second-order valence-electron chi connectivity index (χ2n) is 6.33. The van der Waals surface area contributed by atoms with Gasteiger partial charge in [-0.2, -0.15) is 5.10 Å². The zero-order chi connectivity index (χ0) is 14.8. The molecule has 0 bridgehead atoms. The predicted octanol–water partition coefficient (Wildman–Crippen LogP) is 2.13. The fourth-order valence-electron chi connectivity index (χ4n) is 2.06. The molecular formula is C14H22ClN3O2. The van der Waals surface area contributed by atoms with Crippen LogP contribution < -0.4 is 10.9 Å². The quantitative estimate of drug-likeness (QED) is 0.844. The average molecular weight is 300 g/mol. The standard InChI is InChI=1S/C14H22ClN3O2/c1-14(2,9-19)8-16-12-11(15)6-17-18(13(12)20)7-10-4-3-5-10/h6,10,16,19H,3-5,7-9H2,1-2H3. The van der Waals surface area contributed by atoms with Gasteiger partial charge >= 0.3 is 0 Å². The van der Waals surface area contributed by atoms with Gasteiger partial charge in [-0.1, -0.05) is 31.9 Å². The summed E-state index contributed by atoms with van der Waals surface area (Å²) < 4.78 is 1.49. The van der Waals surface area contributed by atoms with Crippen molar-refractivity contribution in [2.45, 2.75) is 39.7 Å². The smallest absolute Gasteiger partial charge is 0.291 e. The number of aromatic nitrogens is 2. The Bertz CT molecular complexity index is 524. The summed E-state index contributed by atoms with van der Waals surface area (Å²) in [6, 6.07) is 0. The van der Waals surface area contributed by atoms with Gasteiger partial charge in [-0.05, 0) is 18.8 Å². The van der Waals surface area contributed by atoms with Crippen LogP contribution in [-0.4, -0.2) is 28.0 Å². The van der Waals surface area contributed by atoms with E-state index < -0.39 is 0 Å². The number of aliphatic hydroxyl groups is 1. The van der Waals surface area contributed by atoms with Gasteiger partial charge in [0.15, 0.2) is 0 Å². The van der Waals surface area contributed by atoms with Crippen molar-refractivity contribution in [3.05, 3.63) is 21.6 Å². The number of anilines is 1. The van der Waals surface area contributed by atoms with E-state index in [-0.39, 0.29) is 17.6 Å². The van der Waals surface area contributed by atoms with Gasteiger partial charge in [0.25, 0.3) is 5.56 Å². The van der Waals surface area contributed by atoms with E-state index >= 15 is 0 Å². The molecule has 0 atom stereocenters. The highest BCUT2D eigenvalue weighted by Crippen LogP contribution is 2.27. The summed E-state index contributed by atoms with van der Waals surface area (Å²) in [5, 5.41) is 16.7. The maximum absolute atomic E-state index is 12.4. The van der Waals surface area contributed by atoms with Crippen molar-refractivity contribution in [1.29, 1.82) is 0 Å². The van der Waals surface area contributed by atoms with E-state index in [9.17, 15) is 9.90 Å². The molecule has 1 saturated carbocycles. The van der Waals surface area contributed by atoms with Crippen LogP contribution in [0, 0.1) is 11.3 Å². The average Bonchev–Trinajstić information content (AvgIpc) is 2.35. The van der Waals surface area contributed by atoms with Crippen LogP contribution in [0.1, 0.15) is 33.1 Å². The van der Waals surface area contributed by atoms with E-state index in [0.717, 1.165) is 12.8 Å². The molecule has 1 aromatic heterocycles. The largest absolute Gasteiger partial charge is 0.396 e. The first-order valence-corrected chi connectivity index (χ1v) is 7.41. The number of nitrogens with one attached hydrogen (secondary N) is 1. The number of rotatable bonds is 6. The highest BCUT2D eigenvalue weighted by molar-refractivity contribution is 6.32. The fourth-order valence-corrected chi connectivity index (χ4v) is 2.25. The van der Waals surface area contributed by atoms with Crippen LogP contribution in [0.25, 0.3) is 0 Å². The van der Waals surface area contributed by atoms with Crippen LogP contribution >= 0.6 is 11.6 Å². The van der Waals surface area contributed by atoms with Crippen LogP contribution in [0.5, 0.6) is 0 Å². The molecule has 1 aromatic rings. The summed E-state index contributed by atoms with van der Waals surface area (Å²) in [6.45, 7) is 5.02. The molecule has 0 saturated heterocycles. The van der Waals surface area contributed by atoms with Crippen molar-refractivity contribution in [1.82, 2.24) is 9.78 Å². The molecule has 0 unspecified atom stereocenters. The molecule has 1 aliphatic rings. The minimum absolute atomic E-state index is 0.0406. The molecule has 112 valence electrons. The van der Waals surface area contributed by atoms with E-state index in [1.807, 2.05) is 13.8 Å². The lowest BCUT2D eigenvalue weighted by Gasteiger charge is -2.26. The highest BCUT2D eigenvalue weighted by Gasteiger charge is 2.21. The van der Waals surface area contributed by atoms with E-state index in [1.165, 1.54) is 17.3 Å². The number of nitrogens with zero attached hydrogens (tertiary/aromatic N) is 2. The molecule has 5 nitrogen and oxygen atoms in total. The maximum atomic E-state index is 12.4. The molecular weight excluding hydrogens is 278 g/mol. The van der Waals surface area contributed by atoms with Crippen molar-refractivity contribution in [2.75, 3.05) is 18.5 Å². The van der Waals surface area contributed by atoms with E-state index in [4.69, 9.17) is 11.6 Å². The van der Waals surface area contributed by atoms with Gasteiger partial charge in [-0.15, -0.1) is 0 Å². The third-order valence-corrected chi connectivity index (χ3v) is 4.11. The fraction of sp³-hybridized carbons (Fsp3) is 0.714. The summed E-state index contributed by atoms with van der Waals surface area (Å²) in [7, 11) is 0.